The number of aliphatic imine (C=N–C) groups is 1. The predicted octanol–water partition coefficient (Wildman–Crippen LogP) is 5.01. The maximum absolute atomic E-state index is 12.5. The van der Waals surface area contributed by atoms with Gasteiger partial charge in [0.1, 0.15) is 17.1 Å². The monoisotopic (exact) mass is 477 g/mol. The predicted molar refractivity (Wildman–Crippen MR) is 131 cm³/mol. The van der Waals surface area contributed by atoms with Crippen LogP contribution in [0, 0.1) is 18.3 Å². The Labute approximate surface area is 200 Å². The van der Waals surface area contributed by atoms with E-state index in [0.717, 1.165) is 11.1 Å². The summed E-state index contributed by atoms with van der Waals surface area (Å²) in [7, 11) is 0. The number of thioether (sulfide) groups is 1. The molecule has 0 fully saturated rings. The molecule has 0 saturated carbocycles. The highest BCUT2D eigenvalue weighted by Gasteiger charge is 2.22. The van der Waals surface area contributed by atoms with Crippen molar-refractivity contribution in [3.8, 4) is 11.8 Å². The Balaban J connectivity index is 1.57. The first-order valence-electron chi connectivity index (χ1n) is 10.2. The second kappa shape index (κ2) is 9.61. The summed E-state index contributed by atoms with van der Waals surface area (Å²) in [5.74, 6) is 0.0414. The van der Waals surface area contributed by atoms with Gasteiger partial charge in [0.15, 0.2) is 10.9 Å². The van der Waals surface area contributed by atoms with Crippen LogP contribution in [0.4, 0.5) is 0 Å². The maximum Gasteiger partial charge on any atom is 0.286 e. The molecule has 3 aromatic rings. The Hall–Kier alpha value is -3.41. The smallest absolute Gasteiger partial charge is 0.286 e. The molecule has 2 aromatic heterocycles. The molecule has 1 amide bonds. The highest BCUT2D eigenvalue weighted by Crippen LogP contribution is 2.31. The third-order valence-electron chi connectivity index (χ3n) is 4.83. The van der Waals surface area contributed by atoms with Crippen molar-refractivity contribution < 1.29 is 9.53 Å². The molecule has 9 heteroatoms. The van der Waals surface area contributed by atoms with Crippen LogP contribution >= 0.6 is 23.4 Å². The molecule has 1 aromatic carbocycles. The minimum atomic E-state index is -0.345. The van der Waals surface area contributed by atoms with Gasteiger partial charge in [-0.2, -0.15) is 10.3 Å². The third-order valence-corrected chi connectivity index (χ3v) is 6.13. The topological polar surface area (TPSA) is 100 Å². The molecule has 0 atom stereocenters. The van der Waals surface area contributed by atoms with E-state index in [1.54, 1.807) is 18.2 Å². The Morgan fingerprint density at radius 3 is 2.85 bits per heavy atom. The second-order valence-electron chi connectivity index (χ2n) is 7.60. The van der Waals surface area contributed by atoms with Gasteiger partial charge < -0.3 is 10.1 Å². The number of halogens is 1. The third kappa shape index (κ3) is 5.00. The molecule has 0 aliphatic carbocycles. The summed E-state index contributed by atoms with van der Waals surface area (Å²) in [5, 5.41) is 13.8. The molecule has 1 aliphatic heterocycles. The number of aromatic nitrogens is 2. The van der Waals surface area contributed by atoms with Gasteiger partial charge in [-0.25, -0.2) is 4.98 Å². The molecular formula is C24H20ClN5O2S. The number of aryl methyl sites for hydroxylation is 1. The van der Waals surface area contributed by atoms with Crippen molar-refractivity contribution in [2.24, 2.45) is 4.99 Å². The summed E-state index contributed by atoms with van der Waals surface area (Å²) >= 11 is 7.53. The van der Waals surface area contributed by atoms with Crippen LogP contribution in [0.2, 0.25) is 5.02 Å². The van der Waals surface area contributed by atoms with Crippen molar-refractivity contribution in [2.45, 2.75) is 33.4 Å². The molecule has 7 nitrogen and oxygen atoms in total. The van der Waals surface area contributed by atoms with Gasteiger partial charge in [0, 0.05) is 17.8 Å². The van der Waals surface area contributed by atoms with Gasteiger partial charge in [-0.05, 0) is 67.9 Å². The molecule has 1 N–H and O–H groups in total. The van der Waals surface area contributed by atoms with Crippen molar-refractivity contribution in [1.29, 1.82) is 5.26 Å². The molecule has 4 rings (SSSR count). The molecule has 0 unspecified atom stereocenters. The number of carbonyl (C=O) groups excluding carboxylic acids is 1. The van der Waals surface area contributed by atoms with E-state index >= 15 is 0 Å². The zero-order valence-corrected chi connectivity index (χ0v) is 19.8. The van der Waals surface area contributed by atoms with Gasteiger partial charge in [0.05, 0.1) is 22.2 Å². The first-order valence-corrected chi connectivity index (χ1v) is 11.4. The zero-order chi connectivity index (χ0) is 23.5. The van der Waals surface area contributed by atoms with Gasteiger partial charge in [-0.1, -0.05) is 23.7 Å². The van der Waals surface area contributed by atoms with E-state index in [0.29, 0.717) is 49.7 Å². The largest absolute Gasteiger partial charge is 0.487 e. The fourth-order valence-corrected chi connectivity index (χ4v) is 4.33. The highest BCUT2D eigenvalue weighted by molar-refractivity contribution is 8.18. The molecular weight excluding hydrogens is 458 g/mol. The van der Waals surface area contributed by atoms with Crippen LogP contribution in [0.1, 0.15) is 36.2 Å². The van der Waals surface area contributed by atoms with Crippen LogP contribution in [-0.2, 0) is 11.3 Å². The van der Waals surface area contributed by atoms with Crippen molar-refractivity contribution in [2.75, 3.05) is 0 Å². The van der Waals surface area contributed by atoms with E-state index in [1.807, 2.05) is 39.0 Å². The Morgan fingerprint density at radius 2 is 2.12 bits per heavy atom. The maximum atomic E-state index is 12.5. The van der Waals surface area contributed by atoms with Gasteiger partial charge in [-0.15, -0.1) is 0 Å². The lowest BCUT2D eigenvalue weighted by Crippen LogP contribution is -2.19. The van der Waals surface area contributed by atoms with Gasteiger partial charge in [0.2, 0.25) is 0 Å². The fraction of sp³-hybridized carbons (Fsp3) is 0.208. The Bertz CT molecular complexity index is 1340. The quantitative estimate of drug-likeness (QED) is 0.515. The molecule has 1 aliphatic rings. The molecule has 0 spiro atoms. The summed E-state index contributed by atoms with van der Waals surface area (Å²) < 4.78 is 5.84. The van der Waals surface area contributed by atoms with Crippen molar-refractivity contribution in [3.05, 3.63) is 68.8 Å². The van der Waals surface area contributed by atoms with Crippen LogP contribution < -0.4 is 10.1 Å². The lowest BCUT2D eigenvalue weighted by molar-refractivity contribution is -0.113. The van der Waals surface area contributed by atoms with E-state index in [2.05, 4.69) is 26.3 Å². The number of carbonyl (C=O) groups is 1. The standard InChI is InChI=1S/C24H20ClN5O2S/c1-13(2)32-22-15(10-26)11-27-19-8-7-16(29-21(19)22)9-20-23(31)30-24(33-20)28-12-17-14(3)5-4-6-18(17)25/h4-9,11,13H,12H2,1-3H3,(H,28,30,31)/b20-9-. The summed E-state index contributed by atoms with van der Waals surface area (Å²) in [6.07, 6.45) is 3.01. The summed E-state index contributed by atoms with van der Waals surface area (Å²) in [6, 6.07) is 11.4. The number of pyridine rings is 2. The first-order chi connectivity index (χ1) is 15.9. The summed E-state index contributed by atoms with van der Waals surface area (Å²) in [5.41, 5.74) is 3.95. The number of benzene rings is 1. The average Bonchev–Trinajstić information content (AvgIpc) is 3.12. The zero-order valence-electron chi connectivity index (χ0n) is 18.2. The van der Waals surface area contributed by atoms with Crippen molar-refractivity contribution >= 4 is 51.5 Å². The van der Waals surface area contributed by atoms with E-state index in [4.69, 9.17) is 16.3 Å². The number of hydrogen-bond acceptors (Lipinski definition) is 7. The lowest BCUT2D eigenvalue weighted by atomic mass is 10.1. The van der Waals surface area contributed by atoms with Gasteiger partial charge >= 0.3 is 0 Å². The van der Waals surface area contributed by atoms with Crippen LogP contribution in [0.25, 0.3) is 17.1 Å². The normalized spacial score (nSPS) is 14.6. The number of nitriles is 1. The van der Waals surface area contributed by atoms with E-state index in [1.165, 1.54) is 18.0 Å². The number of fused-ring (bicyclic) bond motifs is 1. The van der Waals surface area contributed by atoms with Crippen LogP contribution in [-0.4, -0.2) is 27.1 Å². The Kier molecular flexibility index (Phi) is 6.63. The lowest BCUT2D eigenvalue weighted by Gasteiger charge is -2.13. The minimum absolute atomic E-state index is 0.137. The van der Waals surface area contributed by atoms with Gasteiger partial charge in [0.25, 0.3) is 5.91 Å². The summed E-state index contributed by atoms with van der Waals surface area (Å²) in [6.45, 7) is 6.20. The Morgan fingerprint density at radius 1 is 1.30 bits per heavy atom. The second-order valence-corrected chi connectivity index (χ2v) is 9.04. The molecule has 0 bridgehead atoms. The average molecular weight is 478 g/mol. The van der Waals surface area contributed by atoms with Crippen molar-refractivity contribution in [3.63, 3.8) is 0 Å². The van der Waals surface area contributed by atoms with Crippen molar-refractivity contribution in [1.82, 2.24) is 15.3 Å². The number of amidine groups is 1. The highest BCUT2D eigenvalue weighted by atomic mass is 35.5. The minimum Gasteiger partial charge on any atom is -0.487 e. The van der Waals surface area contributed by atoms with E-state index in [-0.39, 0.29) is 12.0 Å². The SMILES string of the molecule is Cc1cccc(Cl)c1CNC1=NC(=O)/C(=C/c2ccc3ncc(C#N)c(OC(C)C)c3n2)S1. The number of hydrogen-bond donors (Lipinski definition) is 1. The number of ether oxygens (including phenoxy) is 1. The van der Waals surface area contributed by atoms with Gasteiger partial charge in [-0.3, -0.25) is 9.78 Å². The van der Waals surface area contributed by atoms with E-state index < -0.39 is 0 Å². The number of nitrogens with zero attached hydrogens (tertiary/aromatic N) is 4. The number of nitrogens with one attached hydrogen (secondary N) is 1. The molecule has 3 heterocycles. The molecule has 166 valence electrons. The van der Waals surface area contributed by atoms with Crippen LogP contribution in [0.3, 0.4) is 0 Å². The van der Waals surface area contributed by atoms with Crippen LogP contribution in [0.5, 0.6) is 5.75 Å². The number of amides is 1. The fourth-order valence-electron chi connectivity index (χ4n) is 3.25. The molecule has 0 radical (unpaired) electrons. The first kappa shape index (κ1) is 22.8. The number of rotatable bonds is 5. The van der Waals surface area contributed by atoms with Crippen LogP contribution in [0.15, 0.2) is 46.4 Å². The summed E-state index contributed by atoms with van der Waals surface area (Å²) in [4.78, 5) is 25.9. The molecule has 0 saturated heterocycles. The molecule has 33 heavy (non-hydrogen) atoms. The van der Waals surface area contributed by atoms with E-state index in [9.17, 15) is 10.1 Å².